The van der Waals surface area contributed by atoms with Crippen LogP contribution in [0.4, 0.5) is 14.7 Å². The van der Waals surface area contributed by atoms with Crippen molar-refractivity contribution in [1.29, 1.82) is 0 Å². The van der Waals surface area contributed by atoms with Gasteiger partial charge in [0.2, 0.25) is 5.95 Å². The molecule has 1 aromatic heterocycles. The fourth-order valence-corrected chi connectivity index (χ4v) is 1.49. The van der Waals surface area contributed by atoms with Crippen LogP contribution >= 0.6 is 0 Å². The molecule has 1 aliphatic rings. The molecular weight excluding hydrogens is 188 g/mol. The number of hydrogen-bond donors (Lipinski definition) is 0. The maximum absolute atomic E-state index is 12.9. The van der Waals surface area contributed by atoms with Crippen molar-refractivity contribution in [3.05, 3.63) is 18.0 Å². The van der Waals surface area contributed by atoms with Crippen molar-refractivity contribution in [2.24, 2.45) is 0 Å². The normalized spacial score (nSPS) is 20.1. The van der Waals surface area contributed by atoms with Crippen molar-refractivity contribution in [2.45, 2.75) is 19.3 Å². The molecule has 0 N–H and O–H groups in total. The van der Waals surface area contributed by atoms with Gasteiger partial charge in [-0.05, 0) is 13.0 Å². The summed E-state index contributed by atoms with van der Waals surface area (Å²) in [6.45, 7) is 1.88. The van der Waals surface area contributed by atoms with Crippen LogP contribution in [0, 0.1) is 6.92 Å². The summed E-state index contributed by atoms with van der Waals surface area (Å²) < 4.78 is 25.8. The summed E-state index contributed by atoms with van der Waals surface area (Å²) in [5.74, 6) is -2.19. The lowest BCUT2D eigenvalue weighted by atomic mass is 10.3. The maximum Gasteiger partial charge on any atom is 0.267 e. The Hall–Kier alpha value is -1.26. The van der Waals surface area contributed by atoms with E-state index in [1.54, 1.807) is 12.3 Å². The van der Waals surface area contributed by atoms with Gasteiger partial charge < -0.3 is 4.90 Å². The Morgan fingerprint density at radius 1 is 1.50 bits per heavy atom. The lowest BCUT2D eigenvalue weighted by molar-refractivity contribution is 0.0256. The van der Waals surface area contributed by atoms with Gasteiger partial charge in [-0.2, -0.15) is 0 Å². The minimum atomic E-state index is -2.59. The lowest BCUT2D eigenvalue weighted by Crippen LogP contribution is -2.26. The van der Waals surface area contributed by atoms with E-state index >= 15 is 0 Å². The molecule has 1 fully saturated rings. The van der Waals surface area contributed by atoms with Crippen molar-refractivity contribution in [3.8, 4) is 0 Å². The fraction of sp³-hybridized carbons (Fsp3) is 0.556. The molecule has 2 heterocycles. The van der Waals surface area contributed by atoms with E-state index in [1.165, 1.54) is 4.90 Å². The highest BCUT2D eigenvalue weighted by atomic mass is 19.3. The van der Waals surface area contributed by atoms with Crippen LogP contribution in [0.25, 0.3) is 0 Å². The van der Waals surface area contributed by atoms with E-state index in [4.69, 9.17) is 0 Å². The molecule has 0 unspecified atom stereocenters. The number of aryl methyl sites for hydroxylation is 1. The number of alkyl halides is 2. The summed E-state index contributed by atoms with van der Waals surface area (Å²) in [6, 6.07) is 1.75. The van der Waals surface area contributed by atoms with Gasteiger partial charge >= 0.3 is 0 Å². The van der Waals surface area contributed by atoms with E-state index < -0.39 is 5.92 Å². The average Bonchev–Trinajstić information content (AvgIpc) is 2.46. The Kier molecular flexibility index (Phi) is 2.09. The van der Waals surface area contributed by atoms with Gasteiger partial charge in [0, 0.05) is 24.9 Å². The van der Waals surface area contributed by atoms with Crippen LogP contribution in [0.5, 0.6) is 0 Å². The molecule has 1 aromatic rings. The van der Waals surface area contributed by atoms with Gasteiger partial charge in [0.1, 0.15) is 0 Å². The predicted octanol–water partition coefficient (Wildman–Crippen LogP) is 1.63. The van der Waals surface area contributed by atoms with Crippen molar-refractivity contribution < 1.29 is 8.78 Å². The standard InChI is InChI=1S/C9H11F2N3/c1-7-2-4-12-8(13-7)14-5-3-9(10,11)6-14/h2,4H,3,5-6H2,1H3. The van der Waals surface area contributed by atoms with E-state index in [9.17, 15) is 8.78 Å². The smallest absolute Gasteiger partial charge is 0.267 e. The molecular formula is C9H11F2N3. The van der Waals surface area contributed by atoms with Crippen LogP contribution in [0.2, 0.25) is 0 Å². The van der Waals surface area contributed by atoms with E-state index in [1.807, 2.05) is 6.92 Å². The second-order valence-corrected chi connectivity index (χ2v) is 3.53. The first kappa shape index (κ1) is 9.30. The first-order chi connectivity index (χ1) is 6.57. The van der Waals surface area contributed by atoms with Crippen LogP contribution in [0.1, 0.15) is 12.1 Å². The number of hydrogen-bond acceptors (Lipinski definition) is 3. The van der Waals surface area contributed by atoms with E-state index in [-0.39, 0.29) is 13.0 Å². The molecule has 0 aromatic carbocycles. The largest absolute Gasteiger partial charge is 0.335 e. The highest BCUT2D eigenvalue weighted by Gasteiger charge is 2.39. The maximum atomic E-state index is 12.9. The number of nitrogens with zero attached hydrogens (tertiary/aromatic N) is 3. The first-order valence-corrected chi connectivity index (χ1v) is 4.49. The molecule has 0 bridgehead atoms. The zero-order chi connectivity index (χ0) is 10.2. The number of anilines is 1. The molecule has 0 spiro atoms. The van der Waals surface area contributed by atoms with E-state index in [0.717, 1.165) is 5.69 Å². The van der Waals surface area contributed by atoms with E-state index in [2.05, 4.69) is 9.97 Å². The molecule has 0 radical (unpaired) electrons. The summed E-state index contributed by atoms with van der Waals surface area (Å²) in [6.07, 6.45) is 1.48. The highest BCUT2D eigenvalue weighted by Crippen LogP contribution is 2.28. The molecule has 2 rings (SSSR count). The third-order valence-electron chi connectivity index (χ3n) is 2.23. The summed E-state index contributed by atoms with van der Waals surface area (Å²) in [7, 11) is 0. The van der Waals surface area contributed by atoms with Crippen molar-refractivity contribution in [2.75, 3.05) is 18.0 Å². The second-order valence-electron chi connectivity index (χ2n) is 3.53. The average molecular weight is 199 g/mol. The van der Waals surface area contributed by atoms with Gasteiger partial charge in [0.25, 0.3) is 5.92 Å². The lowest BCUT2D eigenvalue weighted by Gasteiger charge is -2.15. The molecule has 0 aliphatic carbocycles. The van der Waals surface area contributed by atoms with Gasteiger partial charge in [0.15, 0.2) is 0 Å². The van der Waals surface area contributed by atoms with Crippen molar-refractivity contribution >= 4 is 5.95 Å². The predicted molar refractivity (Wildman–Crippen MR) is 48.5 cm³/mol. The Balaban J connectivity index is 2.17. The Bertz CT molecular complexity index is 341. The van der Waals surface area contributed by atoms with Crippen molar-refractivity contribution in [1.82, 2.24) is 9.97 Å². The fourth-order valence-electron chi connectivity index (χ4n) is 1.49. The minimum Gasteiger partial charge on any atom is -0.335 e. The Morgan fingerprint density at radius 3 is 2.86 bits per heavy atom. The molecule has 14 heavy (non-hydrogen) atoms. The molecule has 0 saturated carbocycles. The molecule has 3 nitrogen and oxygen atoms in total. The molecule has 5 heteroatoms. The first-order valence-electron chi connectivity index (χ1n) is 4.49. The van der Waals surface area contributed by atoms with Crippen LogP contribution in [0.15, 0.2) is 12.3 Å². The van der Waals surface area contributed by atoms with Gasteiger partial charge in [0.05, 0.1) is 6.54 Å². The topological polar surface area (TPSA) is 29.0 Å². The van der Waals surface area contributed by atoms with Crippen LogP contribution in [-0.2, 0) is 0 Å². The SMILES string of the molecule is Cc1ccnc(N2CCC(F)(F)C2)n1. The van der Waals surface area contributed by atoms with Gasteiger partial charge in [-0.3, -0.25) is 0 Å². The van der Waals surface area contributed by atoms with Crippen LogP contribution in [-0.4, -0.2) is 29.0 Å². The molecule has 0 atom stereocenters. The summed E-state index contributed by atoms with van der Waals surface area (Å²) in [5.41, 5.74) is 0.796. The van der Waals surface area contributed by atoms with Gasteiger partial charge in [-0.25, -0.2) is 18.7 Å². The molecule has 0 amide bonds. The zero-order valence-electron chi connectivity index (χ0n) is 7.87. The minimum absolute atomic E-state index is 0.107. The monoisotopic (exact) mass is 199 g/mol. The Labute approximate surface area is 80.8 Å². The third-order valence-corrected chi connectivity index (χ3v) is 2.23. The van der Waals surface area contributed by atoms with Gasteiger partial charge in [-0.15, -0.1) is 0 Å². The third kappa shape index (κ3) is 1.81. The van der Waals surface area contributed by atoms with Crippen LogP contribution in [0.3, 0.4) is 0 Å². The zero-order valence-corrected chi connectivity index (χ0v) is 7.87. The number of rotatable bonds is 1. The van der Waals surface area contributed by atoms with E-state index in [0.29, 0.717) is 12.5 Å². The summed E-state index contributed by atoms with van der Waals surface area (Å²) in [4.78, 5) is 9.59. The molecule has 1 aliphatic heterocycles. The summed E-state index contributed by atoms with van der Waals surface area (Å²) >= 11 is 0. The highest BCUT2D eigenvalue weighted by molar-refractivity contribution is 5.32. The molecule has 1 saturated heterocycles. The quantitative estimate of drug-likeness (QED) is 0.688. The second kappa shape index (κ2) is 3.15. The van der Waals surface area contributed by atoms with Crippen LogP contribution < -0.4 is 4.90 Å². The number of aromatic nitrogens is 2. The number of halogens is 2. The van der Waals surface area contributed by atoms with Crippen molar-refractivity contribution in [3.63, 3.8) is 0 Å². The summed E-state index contributed by atoms with van der Waals surface area (Å²) in [5, 5.41) is 0. The molecule has 76 valence electrons. The Morgan fingerprint density at radius 2 is 2.29 bits per heavy atom. The van der Waals surface area contributed by atoms with Gasteiger partial charge in [-0.1, -0.05) is 0 Å².